The van der Waals surface area contributed by atoms with Gasteiger partial charge in [0.25, 0.3) is 5.91 Å². The molecule has 0 radical (unpaired) electrons. The summed E-state index contributed by atoms with van der Waals surface area (Å²) in [6.45, 7) is 4.05. The smallest absolute Gasteiger partial charge is 0.257 e. The molecular weight excluding hydrogens is 339 g/mol. The molecule has 0 spiro atoms. The molecular formula is C16H12Cl2N2OS. The minimum atomic E-state index is -0.280. The first kappa shape index (κ1) is 15.3. The lowest BCUT2D eigenvalue weighted by Gasteiger charge is -2.03. The Morgan fingerprint density at radius 2 is 1.77 bits per heavy atom. The molecule has 3 aromatic rings. The Morgan fingerprint density at radius 3 is 2.45 bits per heavy atom. The Bertz CT molecular complexity index is 869. The SMILES string of the molecule is Cc1cc(C)c2nc(NC(=O)c3cc(Cl)cc(Cl)c3)sc2c1. The third-order valence-electron chi connectivity index (χ3n) is 3.18. The van der Waals surface area contributed by atoms with E-state index in [9.17, 15) is 4.79 Å². The molecule has 0 saturated heterocycles. The maximum absolute atomic E-state index is 12.3. The summed E-state index contributed by atoms with van der Waals surface area (Å²) in [5.41, 5.74) is 3.59. The van der Waals surface area contributed by atoms with Gasteiger partial charge in [-0.2, -0.15) is 0 Å². The summed E-state index contributed by atoms with van der Waals surface area (Å²) < 4.78 is 1.05. The monoisotopic (exact) mass is 350 g/mol. The third-order valence-corrected chi connectivity index (χ3v) is 4.53. The predicted molar refractivity (Wildman–Crippen MR) is 93.5 cm³/mol. The molecule has 0 saturated carbocycles. The van der Waals surface area contributed by atoms with Crippen molar-refractivity contribution in [3.8, 4) is 0 Å². The van der Waals surface area contributed by atoms with E-state index >= 15 is 0 Å². The van der Waals surface area contributed by atoms with Crippen molar-refractivity contribution >= 4 is 55.8 Å². The van der Waals surface area contributed by atoms with Crippen molar-refractivity contribution in [1.29, 1.82) is 0 Å². The maximum Gasteiger partial charge on any atom is 0.257 e. The van der Waals surface area contributed by atoms with Gasteiger partial charge in [-0.3, -0.25) is 10.1 Å². The number of aryl methyl sites for hydroxylation is 2. The number of benzene rings is 2. The van der Waals surface area contributed by atoms with Crippen LogP contribution in [0.25, 0.3) is 10.2 Å². The van der Waals surface area contributed by atoms with Gasteiger partial charge in [0, 0.05) is 15.6 Å². The molecule has 0 aliphatic rings. The van der Waals surface area contributed by atoms with Crippen LogP contribution < -0.4 is 5.32 Å². The summed E-state index contributed by atoms with van der Waals surface area (Å²) >= 11 is 13.3. The van der Waals surface area contributed by atoms with Crippen molar-refractivity contribution in [2.75, 3.05) is 5.32 Å². The van der Waals surface area contributed by atoms with Crippen molar-refractivity contribution in [1.82, 2.24) is 4.98 Å². The van der Waals surface area contributed by atoms with Crippen LogP contribution in [-0.2, 0) is 0 Å². The van der Waals surface area contributed by atoms with Crippen LogP contribution in [0.5, 0.6) is 0 Å². The van der Waals surface area contributed by atoms with Crippen molar-refractivity contribution in [3.63, 3.8) is 0 Å². The summed E-state index contributed by atoms with van der Waals surface area (Å²) in [6, 6.07) is 8.87. The van der Waals surface area contributed by atoms with Crippen molar-refractivity contribution in [3.05, 3.63) is 57.1 Å². The van der Waals surface area contributed by atoms with Gasteiger partial charge in [0.15, 0.2) is 5.13 Å². The first-order chi connectivity index (χ1) is 10.4. The van der Waals surface area contributed by atoms with Crippen LogP contribution in [-0.4, -0.2) is 10.9 Å². The second kappa shape index (κ2) is 5.88. The van der Waals surface area contributed by atoms with Gasteiger partial charge in [-0.05, 0) is 49.2 Å². The fraction of sp³-hybridized carbons (Fsp3) is 0.125. The molecule has 2 aromatic carbocycles. The highest BCUT2D eigenvalue weighted by Gasteiger charge is 2.12. The molecule has 112 valence electrons. The standard InChI is InChI=1S/C16H12Cl2N2OS/c1-8-3-9(2)14-13(4-8)22-16(19-14)20-15(21)10-5-11(17)7-12(18)6-10/h3-7H,1-2H3,(H,19,20,21). The first-order valence-corrected chi connectivity index (χ1v) is 8.15. The number of fused-ring (bicyclic) bond motifs is 1. The van der Waals surface area contributed by atoms with Gasteiger partial charge in [0.1, 0.15) is 0 Å². The van der Waals surface area contributed by atoms with E-state index in [0.29, 0.717) is 20.7 Å². The highest BCUT2D eigenvalue weighted by molar-refractivity contribution is 7.22. The van der Waals surface area contributed by atoms with E-state index in [0.717, 1.165) is 15.8 Å². The topological polar surface area (TPSA) is 42.0 Å². The number of hydrogen-bond acceptors (Lipinski definition) is 3. The normalized spacial score (nSPS) is 10.9. The lowest BCUT2D eigenvalue weighted by molar-refractivity contribution is 0.102. The summed E-state index contributed by atoms with van der Waals surface area (Å²) in [5.74, 6) is -0.280. The van der Waals surface area contributed by atoms with Crippen LogP contribution in [0.2, 0.25) is 10.0 Å². The molecule has 22 heavy (non-hydrogen) atoms. The van der Waals surface area contributed by atoms with Gasteiger partial charge in [-0.25, -0.2) is 4.98 Å². The maximum atomic E-state index is 12.3. The molecule has 6 heteroatoms. The molecule has 1 amide bonds. The number of aromatic nitrogens is 1. The molecule has 0 unspecified atom stereocenters. The Labute approximate surface area is 141 Å². The van der Waals surface area contributed by atoms with Crippen LogP contribution in [0.15, 0.2) is 30.3 Å². The van der Waals surface area contributed by atoms with E-state index in [2.05, 4.69) is 22.4 Å². The van der Waals surface area contributed by atoms with E-state index in [1.165, 1.54) is 16.9 Å². The van der Waals surface area contributed by atoms with Gasteiger partial charge in [0.05, 0.1) is 10.2 Å². The van der Waals surface area contributed by atoms with E-state index in [1.54, 1.807) is 18.2 Å². The molecule has 0 atom stereocenters. The van der Waals surface area contributed by atoms with E-state index in [4.69, 9.17) is 23.2 Å². The zero-order chi connectivity index (χ0) is 15.9. The largest absolute Gasteiger partial charge is 0.298 e. The number of carbonyl (C=O) groups excluding carboxylic acids is 1. The molecule has 1 aromatic heterocycles. The number of nitrogens with one attached hydrogen (secondary N) is 1. The molecule has 0 bridgehead atoms. The van der Waals surface area contributed by atoms with Crippen molar-refractivity contribution in [2.45, 2.75) is 13.8 Å². The average Bonchev–Trinajstić information content (AvgIpc) is 2.80. The number of carbonyl (C=O) groups is 1. The number of thiazole rings is 1. The quantitative estimate of drug-likeness (QED) is 0.665. The lowest BCUT2D eigenvalue weighted by atomic mass is 10.1. The fourth-order valence-corrected chi connectivity index (χ4v) is 3.84. The van der Waals surface area contributed by atoms with Gasteiger partial charge in [-0.1, -0.05) is 40.6 Å². The summed E-state index contributed by atoms with van der Waals surface area (Å²) in [7, 11) is 0. The number of nitrogens with zero attached hydrogens (tertiary/aromatic N) is 1. The second-order valence-electron chi connectivity index (χ2n) is 5.06. The minimum absolute atomic E-state index is 0.280. The number of halogens is 2. The van der Waals surface area contributed by atoms with Crippen LogP contribution >= 0.6 is 34.5 Å². The van der Waals surface area contributed by atoms with E-state index in [-0.39, 0.29) is 5.91 Å². The Morgan fingerprint density at radius 1 is 1.09 bits per heavy atom. The number of hydrogen-bond donors (Lipinski definition) is 1. The van der Waals surface area contributed by atoms with Gasteiger partial charge < -0.3 is 0 Å². The molecule has 0 aliphatic heterocycles. The minimum Gasteiger partial charge on any atom is -0.298 e. The second-order valence-corrected chi connectivity index (χ2v) is 6.96. The van der Waals surface area contributed by atoms with Crippen LogP contribution in [0, 0.1) is 13.8 Å². The Kier molecular flexibility index (Phi) is 4.08. The third kappa shape index (κ3) is 3.09. The number of amides is 1. The highest BCUT2D eigenvalue weighted by atomic mass is 35.5. The number of rotatable bonds is 2. The zero-order valence-corrected chi connectivity index (χ0v) is 14.2. The first-order valence-electron chi connectivity index (χ1n) is 6.57. The van der Waals surface area contributed by atoms with Gasteiger partial charge >= 0.3 is 0 Å². The summed E-state index contributed by atoms with van der Waals surface area (Å²) in [6.07, 6.45) is 0. The van der Waals surface area contributed by atoms with Gasteiger partial charge in [-0.15, -0.1) is 0 Å². The Hall–Kier alpha value is -1.62. The lowest BCUT2D eigenvalue weighted by Crippen LogP contribution is -2.11. The van der Waals surface area contributed by atoms with Crippen LogP contribution in [0.4, 0.5) is 5.13 Å². The predicted octanol–water partition coefficient (Wildman–Crippen LogP) is 5.47. The molecule has 1 heterocycles. The van der Waals surface area contributed by atoms with Gasteiger partial charge in [0.2, 0.25) is 0 Å². The molecule has 3 nitrogen and oxygen atoms in total. The molecule has 1 N–H and O–H groups in total. The van der Waals surface area contributed by atoms with E-state index < -0.39 is 0 Å². The molecule has 0 aliphatic carbocycles. The van der Waals surface area contributed by atoms with Crippen LogP contribution in [0.3, 0.4) is 0 Å². The molecule has 0 fully saturated rings. The molecule has 3 rings (SSSR count). The summed E-state index contributed by atoms with van der Waals surface area (Å²) in [5, 5.41) is 4.21. The average molecular weight is 351 g/mol. The van der Waals surface area contributed by atoms with Crippen LogP contribution in [0.1, 0.15) is 21.5 Å². The zero-order valence-electron chi connectivity index (χ0n) is 11.9. The Balaban J connectivity index is 1.92. The summed E-state index contributed by atoms with van der Waals surface area (Å²) in [4.78, 5) is 16.8. The highest BCUT2D eigenvalue weighted by Crippen LogP contribution is 2.30. The van der Waals surface area contributed by atoms with Crippen molar-refractivity contribution < 1.29 is 4.79 Å². The fourth-order valence-electron chi connectivity index (χ4n) is 2.28. The van der Waals surface area contributed by atoms with E-state index in [1.807, 2.05) is 13.8 Å². The van der Waals surface area contributed by atoms with Crippen molar-refractivity contribution in [2.24, 2.45) is 0 Å². The number of anilines is 1.